The van der Waals surface area contributed by atoms with E-state index in [1.54, 1.807) is 14.0 Å². The van der Waals surface area contributed by atoms with Gasteiger partial charge in [0, 0.05) is 26.7 Å². The Kier molecular flexibility index (Phi) is 5.92. The van der Waals surface area contributed by atoms with Crippen molar-refractivity contribution in [3.8, 4) is 5.75 Å². The van der Waals surface area contributed by atoms with Gasteiger partial charge in [0.15, 0.2) is 0 Å². The van der Waals surface area contributed by atoms with Crippen molar-refractivity contribution in [2.75, 3.05) is 37.9 Å². The van der Waals surface area contributed by atoms with Gasteiger partial charge in [0.05, 0.1) is 23.6 Å². The van der Waals surface area contributed by atoms with Gasteiger partial charge in [0.1, 0.15) is 5.75 Å². The van der Waals surface area contributed by atoms with E-state index in [1.165, 1.54) is 0 Å². The van der Waals surface area contributed by atoms with Crippen LogP contribution in [0.25, 0.3) is 0 Å². The summed E-state index contributed by atoms with van der Waals surface area (Å²) in [5, 5.41) is 13.3. The number of para-hydroxylation sites is 1. The number of nitrogen functional groups attached to an aromatic ring is 1. The Bertz CT molecular complexity index is 394. The number of aliphatic hydroxyl groups is 1. The van der Waals surface area contributed by atoms with Gasteiger partial charge >= 0.3 is 0 Å². The quantitative estimate of drug-likeness (QED) is 0.627. The maximum atomic E-state index is 10.2. The molecule has 0 saturated carbocycles. The van der Waals surface area contributed by atoms with Crippen LogP contribution < -0.4 is 15.8 Å². The Hall–Kier alpha value is -1.46. The molecule has 0 bridgehead atoms. The van der Waals surface area contributed by atoms with Crippen molar-refractivity contribution in [2.45, 2.75) is 25.9 Å². The molecular formula is C14H24N2O3. The maximum absolute atomic E-state index is 10.2. The zero-order chi connectivity index (χ0) is 14.3. The van der Waals surface area contributed by atoms with Gasteiger partial charge in [0.2, 0.25) is 0 Å². The molecule has 0 spiro atoms. The largest absolute Gasteiger partial charge is 0.492 e. The minimum Gasteiger partial charge on any atom is -0.492 e. The Labute approximate surface area is 114 Å². The normalized spacial score (nSPS) is 13.9. The lowest BCUT2D eigenvalue weighted by atomic mass is 10.0. The van der Waals surface area contributed by atoms with Crippen molar-refractivity contribution in [3.05, 3.63) is 18.2 Å². The fraction of sp³-hybridized carbons (Fsp3) is 0.571. The zero-order valence-corrected chi connectivity index (χ0v) is 11.9. The molecule has 5 nitrogen and oxygen atoms in total. The molecule has 1 atom stereocenters. The first kappa shape index (κ1) is 15.6. The lowest BCUT2D eigenvalue weighted by Gasteiger charge is -2.24. The summed E-state index contributed by atoms with van der Waals surface area (Å²) in [6, 6.07) is 5.56. The summed E-state index contributed by atoms with van der Waals surface area (Å²) in [6.45, 7) is 5.16. The van der Waals surface area contributed by atoms with E-state index in [4.69, 9.17) is 15.2 Å². The van der Waals surface area contributed by atoms with E-state index in [2.05, 4.69) is 5.32 Å². The summed E-state index contributed by atoms with van der Waals surface area (Å²) in [4.78, 5) is 0. The Morgan fingerprint density at radius 1 is 1.42 bits per heavy atom. The van der Waals surface area contributed by atoms with E-state index in [1.807, 2.05) is 25.1 Å². The third-order valence-electron chi connectivity index (χ3n) is 2.87. The monoisotopic (exact) mass is 268 g/mol. The number of ether oxygens (including phenoxy) is 2. The van der Waals surface area contributed by atoms with Crippen molar-refractivity contribution in [3.63, 3.8) is 0 Å². The van der Waals surface area contributed by atoms with Crippen molar-refractivity contribution < 1.29 is 14.6 Å². The second-order valence-corrected chi connectivity index (χ2v) is 4.74. The fourth-order valence-electron chi connectivity index (χ4n) is 1.68. The van der Waals surface area contributed by atoms with Crippen LogP contribution in [-0.2, 0) is 4.74 Å². The molecule has 0 aliphatic rings. The first-order chi connectivity index (χ1) is 9.00. The van der Waals surface area contributed by atoms with Gasteiger partial charge in [0.25, 0.3) is 0 Å². The number of anilines is 2. The van der Waals surface area contributed by atoms with Crippen LogP contribution in [-0.4, -0.2) is 37.6 Å². The molecule has 0 fully saturated rings. The molecule has 1 unspecified atom stereocenters. The number of rotatable bonds is 8. The van der Waals surface area contributed by atoms with Gasteiger partial charge in [-0.2, -0.15) is 0 Å². The SMILES string of the molecule is CCOc1cccc(NCC(C)(O)CCOC)c1N. The molecule has 108 valence electrons. The number of hydrogen-bond donors (Lipinski definition) is 3. The molecule has 0 aromatic heterocycles. The minimum absolute atomic E-state index is 0.399. The summed E-state index contributed by atoms with van der Waals surface area (Å²) in [5.41, 5.74) is 6.49. The lowest BCUT2D eigenvalue weighted by molar-refractivity contribution is 0.0357. The highest BCUT2D eigenvalue weighted by Gasteiger charge is 2.20. The average molecular weight is 268 g/mol. The second-order valence-electron chi connectivity index (χ2n) is 4.74. The van der Waals surface area contributed by atoms with Crippen LogP contribution in [0, 0.1) is 0 Å². The molecule has 0 radical (unpaired) electrons. The third kappa shape index (κ3) is 4.96. The van der Waals surface area contributed by atoms with Crippen molar-refractivity contribution in [2.24, 2.45) is 0 Å². The van der Waals surface area contributed by atoms with Crippen LogP contribution in [0.1, 0.15) is 20.3 Å². The molecule has 0 amide bonds. The average Bonchev–Trinajstić information content (AvgIpc) is 2.38. The summed E-state index contributed by atoms with van der Waals surface area (Å²) in [6.07, 6.45) is 0.557. The van der Waals surface area contributed by atoms with Crippen molar-refractivity contribution >= 4 is 11.4 Å². The summed E-state index contributed by atoms with van der Waals surface area (Å²) >= 11 is 0. The summed E-state index contributed by atoms with van der Waals surface area (Å²) in [7, 11) is 1.62. The second kappa shape index (κ2) is 7.21. The van der Waals surface area contributed by atoms with Gasteiger partial charge in [-0.05, 0) is 26.0 Å². The number of benzene rings is 1. The molecule has 0 heterocycles. The van der Waals surface area contributed by atoms with Crippen LogP contribution >= 0.6 is 0 Å². The van der Waals surface area contributed by atoms with Crippen LogP contribution in [0.4, 0.5) is 11.4 Å². The Morgan fingerprint density at radius 3 is 2.79 bits per heavy atom. The topological polar surface area (TPSA) is 76.7 Å². The predicted molar refractivity (Wildman–Crippen MR) is 77.6 cm³/mol. The van der Waals surface area contributed by atoms with Crippen LogP contribution in [0.5, 0.6) is 5.75 Å². The molecule has 5 heteroatoms. The molecule has 0 aliphatic carbocycles. The first-order valence-electron chi connectivity index (χ1n) is 6.46. The van der Waals surface area contributed by atoms with Crippen LogP contribution in [0.2, 0.25) is 0 Å². The smallest absolute Gasteiger partial charge is 0.144 e. The lowest BCUT2D eigenvalue weighted by Crippen LogP contribution is -2.34. The predicted octanol–water partition coefficient (Wildman–Crippen LogP) is 1.87. The highest BCUT2D eigenvalue weighted by molar-refractivity contribution is 5.72. The first-order valence-corrected chi connectivity index (χ1v) is 6.46. The van der Waals surface area contributed by atoms with Gasteiger partial charge in [-0.15, -0.1) is 0 Å². The highest BCUT2D eigenvalue weighted by Crippen LogP contribution is 2.29. The van der Waals surface area contributed by atoms with E-state index >= 15 is 0 Å². The molecule has 0 aliphatic heterocycles. The van der Waals surface area contributed by atoms with E-state index < -0.39 is 5.60 Å². The van der Waals surface area contributed by atoms with Gasteiger partial charge in [-0.3, -0.25) is 0 Å². The molecule has 1 aromatic rings. The molecule has 19 heavy (non-hydrogen) atoms. The fourth-order valence-corrected chi connectivity index (χ4v) is 1.68. The Morgan fingerprint density at radius 2 is 2.16 bits per heavy atom. The van der Waals surface area contributed by atoms with Crippen molar-refractivity contribution in [1.82, 2.24) is 0 Å². The van der Waals surface area contributed by atoms with E-state index in [9.17, 15) is 5.11 Å². The standard InChI is InChI=1S/C14H24N2O3/c1-4-19-12-7-5-6-11(13(12)15)16-10-14(2,17)8-9-18-3/h5-7,16-17H,4,8-10,15H2,1-3H3. The third-order valence-corrected chi connectivity index (χ3v) is 2.87. The molecular weight excluding hydrogens is 244 g/mol. The van der Waals surface area contributed by atoms with Crippen LogP contribution in [0.3, 0.4) is 0 Å². The maximum Gasteiger partial charge on any atom is 0.144 e. The highest BCUT2D eigenvalue weighted by atomic mass is 16.5. The van der Waals surface area contributed by atoms with Gasteiger partial charge in [-0.1, -0.05) is 6.07 Å². The Balaban J connectivity index is 2.64. The van der Waals surface area contributed by atoms with Crippen molar-refractivity contribution in [1.29, 1.82) is 0 Å². The van der Waals surface area contributed by atoms with Crippen LogP contribution in [0.15, 0.2) is 18.2 Å². The molecule has 0 saturated heterocycles. The van der Waals surface area contributed by atoms with Gasteiger partial charge < -0.3 is 25.6 Å². The number of methoxy groups -OCH3 is 1. The number of nitrogens with two attached hydrogens (primary N) is 1. The van der Waals surface area contributed by atoms with E-state index in [0.29, 0.717) is 37.6 Å². The summed E-state index contributed by atoms with van der Waals surface area (Å²) in [5.74, 6) is 0.657. The molecule has 1 aromatic carbocycles. The number of nitrogens with one attached hydrogen (secondary N) is 1. The minimum atomic E-state index is -0.843. The van der Waals surface area contributed by atoms with Gasteiger partial charge in [-0.25, -0.2) is 0 Å². The molecule has 4 N–H and O–H groups in total. The zero-order valence-electron chi connectivity index (χ0n) is 11.9. The van der Waals surface area contributed by atoms with E-state index in [-0.39, 0.29) is 0 Å². The summed E-state index contributed by atoms with van der Waals surface area (Å²) < 4.78 is 10.4. The molecule has 1 rings (SSSR count). The number of hydrogen-bond acceptors (Lipinski definition) is 5. The van der Waals surface area contributed by atoms with E-state index in [0.717, 1.165) is 5.69 Å².